The Morgan fingerprint density at radius 3 is 2.43 bits per heavy atom. The molecule has 1 amide bonds. The standard InChI is InChI=1S/C24H26ClNO4/c25-20-8-4-5-9-22(20)30-19-13-10-18(11-14-19)16-21(24(28)29)26-23(27)15-12-17-6-2-1-3-7-17/h4-5,8-11,13-14,16-17H,1-3,6-7,12,15H2,(H,26,27)(H,28,29)/b21-16+. The van der Waals surface area contributed by atoms with E-state index in [-0.39, 0.29) is 11.6 Å². The van der Waals surface area contributed by atoms with E-state index in [9.17, 15) is 14.7 Å². The second-order valence-electron chi connectivity index (χ2n) is 7.56. The minimum absolute atomic E-state index is 0.136. The summed E-state index contributed by atoms with van der Waals surface area (Å²) < 4.78 is 5.73. The van der Waals surface area contributed by atoms with Gasteiger partial charge in [0, 0.05) is 6.42 Å². The van der Waals surface area contributed by atoms with E-state index in [1.165, 1.54) is 25.3 Å². The molecule has 2 aromatic carbocycles. The Labute approximate surface area is 181 Å². The summed E-state index contributed by atoms with van der Waals surface area (Å²) in [6.45, 7) is 0. The number of hydrogen-bond donors (Lipinski definition) is 2. The van der Waals surface area contributed by atoms with Crippen LogP contribution in [-0.4, -0.2) is 17.0 Å². The molecule has 0 unspecified atom stereocenters. The number of ether oxygens (including phenoxy) is 1. The van der Waals surface area contributed by atoms with E-state index in [1.807, 2.05) is 12.1 Å². The van der Waals surface area contributed by atoms with Gasteiger partial charge in [-0.1, -0.05) is 68.0 Å². The summed E-state index contributed by atoms with van der Waals surface area (Å²) in [6.07, 6.45) is 8.66. The van der Waals surface area contributed by atoms with Crippen molar-refractivity contribution in [3.63, 3.8) is 0 Å². The van der Waals surface area contributed by atoms with E-state index in [0.29, 0.717) is 34.4 Å². The number of carbonyl (C=O) groups excluding carboxylic acids is 1. The van der Waals surface area contributed by atoms with Crippen molar-refractivity contribution in [2.24, 2.45) is 5.92 Å². The van der Waals surface area contributed by atoms with Gasteiger partial charge >= 0.3 is 5.97 Å². The van der Waals surface area contributed by atoms with Crippen LogP contribution in [0.5, 0.6) is 11.5 Å². The van der Waals surface area contributed by atoms with Crippen molar-refractivity contribution in [1.82, 2.24) is 5.32 Å². The summed E-state index contributed by atoms with van der Waals surface area (Å²) in [6, 6.07) is 14.0. The van der Waals surface area contributed by atoms with Gasteiger partial charge in [-0.25, -0.2) is 4.79 Å². The van der Waals surface area contributed by atoms with Gasteiger partial charge in [-0.3, -0.25) is 4.79 Å². The molecule has 30 heavy (non-hydrogen) atoms. The first-order valence-corrected chi connectivity index (χ1v) is 10.7. The molecule has 158 valence electrons. The van der Waals surface area contributed by atoms with Gasteiger partial charge in [0.15, 0.2) is 0 Å². The first kappa shape index (κ1) is 21.9. The molecule has 0 atom stereocenters. The first-order valence-electron chi connectivity index (χ1n) is 10.3. The van der Waals surface area contributed by atoms with Crippen molar-refractivity contribution < 1.29 is 19.4 Å². The number of carboxylic acids is 1. The van der Waals surface area contributed by atoms with Crippen molar-refractivity contribution in [3.8, 4) is 11.5 Å². The van der Waals surface area contributed by atoms with E-state index >= 15 is 0 Å². The third kappa shape index (κ3) is 6.63. The molecule has 0 radical (unpaired) electrons. The summed E-state index contributed by atoms with van der Waals surface area (Å²) >= 11 is 6.09. The van der Waals surface area contributed by atoms with E-state index in [0.717, 1.165) is 19.3 Å². The van der Waals surface area contributed by atoms with E-state index in [2.05, 4.69) is 5.32 Å². The number of halogens is 1. The summed E-state index contributed by atoms with van der Waals surface area (Å²) in [4.78, 5) is 23.8. The highest BCUT2D eigenvalue weighted by molar-refractivity contribution is 6.32. The van der Waals surface area contributed by atoms with Gasteiger partial charge in [0.2, 0.25) is 5.91 Å². The molecule has 0 aromatic heterocycles. The molecular formula is C24H26ClNO4. The number of para-hydroxylation sites is 1. The molecule has 0 spiro atoms. The lowest BCUT2D eigenvalue weighted by molar-refractivity contribution is -0.134. The number of carboxylic acid groups (broad SMARTS) is 1. The zero-order valence-electron chi connectivity index (χ0n) is 16.8. The fraction of sp³-hybridized carbons (Fsp3) is 0.333. The van der Waals surface area contributed by atoms with Crippen molar-refractivity contribution >= 4 is 29.6 Å². The van der Waals surface area contributed by atoms with Crippen molar-refractivity contribution in [3.05, 3.63) is 64.8 Å². The van der Waals surface area contributed by atoms with Crippen molar-refractivity contribution in [2.45, 2.75) is 44.9 Å². The molecule has 5 nitrogen and oxygen atoms in total. The molecule has 1 saturated carbocycles. The minimum Gasteiger partial charge on any atom is -0.477 e. The number of amides is 1. The maximum Gasteiger partial charge on any atom is 0.352 e. The second-order valence-corrected chi connectivity index (χ2v) is 7.96. The molecular weight excluding hydrogens is 402 g/mol. The molecule has 1 aliphatic rings. The smallest absolute Gasteiger partial charge is 0.352 e. The highest BCUT2D eigenvalue weighted by Gasteiger charge is 2.17. The lowest BCUT2D eigenvalue weighted by Gasteiger charge is -2.21. The zero-order valence-corrected chi connectivity index (χ0v) is 17.5. The average molecular weight is 428 g/mol. The van der Waals surface area contributed by atoms with Gasteiger partial charge in [0.05, 0.1) is 5.02 Å². The van der Waals surface area contributed by atoms with E-state index in [4.69, 9.17) is 16.3 Å². The van der Waals surface area contributed by atoms with Gasteiger partial charge in [-0.05, 0) is 48.2 Å². The molecule has 0 heterocycles. The monoisotopic (exact) mass is 427 g/mol. The number of hydrogen-bond acceptors (Lipinski definition) is 3. The SMILES string of the molecule is O=C(CCC1CCCCC1)N/C(=C/c1ccc(Oc2ccccc2Cl)cc1)C(=O)O. The second kappa shape index (κ2) is 10.8. The number of benzene rings is 2. The van der Waals surface area contributed by atoms with Gasteiger partial charge in [-0.2, -0.15) is 0 Å². The van der Waals surface area contributed by atoms with Crippen LogP contribution in [0.4, 0.5) is 0 Å². The number of rotatable bonds is 8. The van der Waals surface area contributed by atoms with Crippen LogP contribution in [0.1, 0.15) is 50.5 Å². The van der Waals surface area contributed by atoms with Crippen molar-refractivity contribution in [2.75, 3.05) is 0 Å². The maximum atomic E-state index is 12.2. The Kier molecular flexibility index (Phi) is 7.91. The molecule has 2 aromatic rings. The summed E-state index contributed by atoms with van der Waals surface area (Å²) in [5, 5.41) is 12.5. The predicted molar refractivity (Wildman–Crippen MR) is 118 cm³/mol. The first-order chi connectivity index (χ1) is 14.5. The van der Waals surface area contributed by atoms with E-state index in [1.54, 1.807) is 36.4 Å². The molecule has 1 fully saturated rings. The largest absolute Gasteiger partial charge is 0.477 e. The Hall–Kier alpha value is -2.79. The Morgan fingerprint density at radius 1 is 1.07 bits per heavy atom. The number of carbonyl (C=O) groups is 2. The number of nitrogens with one attached hydrogen (secondary N) is 1. The molecule has 6 heteroatoms. The van der Waals surface area contributed by atoms with Crippen molar-refractivity contribution in [1.29, 1.82) is 0 Å². The van der Waals surface area contributed by atoms with Crippen LogP contribution < -0.4 is 10.1 Å². The fourth-order valence-corrected chi connectivity index (χ4v) is 3.80. The third-order valence-corrected chi connectivity index (χ3v) is 5.58. The van der Waals surface area contributed by atoms with Crippen LogP contribution in [0.25, 0.3) is 6.08 Å². The minimum atomic E-state index is -1.17. The maximum absolute atomic E-state index is 12.2. The topological polar surface area (TPSA) is 75.6 Å². The van der Waals surface area contributed by atoms with Crippen LogP contribution in [-0.2, 0) is 9.59 Å². The van der Waals surface area contributed by atoms with Crippen LogP contribution in [0, 0.1) is 5.92 Å². The molecule has 2 N–H and O–H groups in total. The molecule has 0 saturated heterocycles. The van der Waals surface area contributed by atoms with Gasteiger partial charge in [0.25, 0.3) is 0 Å². The predicted octanol–water partition coefficient (Wildman–Crippen LogP) is 6.03. The average Bonchev–Trinajstić information content (AvgIpc) is 2.75. The lowest BCUT2D eigenvalue weighted by Crippen LogP contribution is -2.27. The summed E-state index contributed by atoms with van der Waals surface area (Å²) in [7, 11) is 0. The van der Waals surface area contributed by atoms with Gasteiger partial charge in [-0.15, -0.1) is 0 Å². The highest BCUT2D eigenvalue weighted by atomic mass is 35.5. The Morgan fingerprint density at radius 2 is 1.77 bits per heavy atom. The van der Waals surface area contributed by atoms with Crippen LogP contribution in [0.15, 0.2) is 54.2 Å². The molecule has 0 bridgehead atoms. The molecule has 3 rings (SSSR count). The summed E-state index contributed by atoms with van der Waals surface area (Å²) in [5.41, 5.74) is 0.509. The molecule has 1 aliphatic carbocycles. The van der Waals surface area contributed by atoms with Crippen LogP contribution >= 0.6 is 11.6 Å². The number of aliphatic carboxylic acids is 1. The normalized spacial score (nSPS) is 14.9. The van der Waals surface area contributed by atoms with Crippen LogP contribution in [0.3, 0.4) is 0 Å². The lowest BCUT2D eigenvalue weighted by atomic mass is 9.86. The van der Waals surface area contributed by atoms with E-state index < -0.39 is 5.97 Å². The third-order valence-electron chi connectivity index (χ3n) is 5.26. The Bertz CT molecular complexity index is 902. The van der Waals surface area contributed by atoms with Gasteiger partial charge in [0.1, 0.15) is 17.2 Å². The zero-order chi connectivity index (χ0) is 21.3. The summed E-state index contributed by atoms with van der Waals surface area (Å²) in [5.74, 6) is 0.269. The molecule has 0 aliphatic heterocycles. The quantitative estimate of drug-likeness (QED) is 0.504. The van der Waals surface area contributed by atoms with Crippen LogP contribution in [0.2, 0.25) is 5.02 Å². The highest BCUT2D eigenvalue weighted by Crippen LogP contribution is 2.29. The van der Waals surface area contributed by atoms with Gasteiger partial charge < -0.3 is 15.2 Å². The Balaban J connectivity index is 1.59. The fourth-order valence-electron chi connectivity index (χ4n) is 3.63.